The fourth-order valence-corrected chi connectivity index (χ4v) is 2.02. The second-order valence-corrected chi connectivity index (χ2v) is 4.36. The van der Waals surface area contributed by atoms with E-state index in [0.717, 1.165) is 27.8 Å². The number of nitrogens with zero attached hydrogens (tertiary/aromatic N) is 1. The summed E-state index contributed by atoms with van der Waals surface area (Å²) in [4.78, 5) is 4.36. The van der Waals surface area contributed by atoms with Gasteiger partial charge in [0.05, 0.1) is 7.11 Å². The summed E-state index contributed by atoms with van der Waals surface area (Å²) in [7, 11) is 1.65. The van der Waals surface area contributed by atoms with Crippen molar-refractivity contribution < 1.29 is 4.74 Å². The number of hydrogen-bond acceptors (Lipinski definition) is 2. The first-order chi connectivity index (χ1) is 9.86. The highest BCUT2D eigenvalue weighted by Crippen LogP contribution is 2.15. The first-order valence-electron chi connectivity index (χ1n) is 6.36. The molecule has 0 amide bonds. The van der Waals surface area contributed by atoms with Gasteiger partial charge in [0.25, 0.3) is 0 Å². The van der Waals surface area contributed by atoms with Crippen LogP contribution < -0.4 is 4.74 Å². The van der Waals surface area contributed by atoms with E-state index in [1.165, 1.54) is 0 Å². The molecule has 2 aromatic carbocycles. The molecule has 20 heavy (non-hydrogen) atoms. The van der Waals surface area contributed by atoms with Gasteiger partial charge in [-0.15, -0.1) is 0 Å². The molecule has 0 radical (unpaired) electrons. The van der Waals surface area contributed by atoms with Gasteiger partial charge >= 0.3 is 0 Å². The number of aromatic nitrogens is 1. The molecule has 0 aliphatic carbocycles. The summed E-state index contributed by atoms with van der Waals surface area (Å²) in [5.41, 5.74) is 1.75. The first-order valence-corrected chi connectivity index (χ1v) is 6.36. The topological polar surface area (TPSA) is 22.1 Å². The first kappa shape index (κ1) is 12.3. The van der Waals surface area contributed by atoms with Crippen molar-refractivity contribution in [3.05, 3.63) is 72.1 Å². The summed E-state index contributed by atoms with van der Waals surface area (Å²) in [5.74, 6) is 7.11. The van der Waals surface area contributed by atoms with Crippen LogP contribution in [-0.4, -0.2) is 12.1 Å². The van der Waals surface area contributed by atoms with Gasteiger partial charge in [-0.2, -0.15) is 0 Å². The lowest BCUT2D eigenvalue weighted by Crippen LogP contribution is -1.85. The Morgan fingerprint density at radius 1 is 0.900 bits per heavy atom. The Hall–Kier alpha value is -2.79. The molecule has 3 aromatic rings. The number of hydrogen-bond donors (Lipinski definition) is 0. The van der Waals surface area contributed by atoms with Gasteiger partial charge in [-0.05, 0) is 41.6 Å². The monoisotopic (exact) mass is 259 g/mol. The molecule has 2 heteroatoms. The third-order valence-electron chi connectivity index (χ3n) is 3.09. The van der Waals surface area contributed by atoms with Crippen LogP contribution in [0.5, 0.6) is 5.75 Å². The Morgan fingerprint density at radius 2 is 1.70 bits per heavy atom. The Morgan fingerprint density at radius 3 is 2.50 bits per heavy atom. The number of fused-ring (bicyclic) bond motifs is 1. The van der Waals surface area contributed by atoms with Crippen molar-refractivity contribution in [3.63, 3.8) is 0 Å². The lowest BCUT2D eigenvalue weighted by Gasteiger charge is -1.99. The van der Waals surface area contributed by atoms with E-state index in [4.69, 9.17) is 4.74 Å². The van der Waals surface area contributed by atoms with Crippen molar-refractivity contribution in [1.82, 2.24) is 4.98 Å². The molecule has 0 spiro atoms. The van der Waals surface area contributed by atoms with Gasteiger partial charge in [-0.3, -0.25) is 0 Å². The van der Waals surface area contributed by atoms with Crippen LogP contribution in [0.4, 0.5) is 0 Å². The summed E-state index contributed by atoms with van der Waals surface area (Å²) >= 11 is 0. The maximum absolute atomic E-state index is 5.13. The second-order valence-electron chi connectivity index (χ2n) is 4.36. The molecule has 3 rings (SSSR count). The fourth-order valence-electron chi connectivity index (χ4n) is 2.02. The molecular formula is C18H13NO. The van der Waals surface area contributed by atoms with Crippen LogP contribution in [0.15, 0.2) is 60.8 Å². The lowest BCUT2D eigenvalue weighted by atomic mass is 10.1. The van der Waals surface area contributed by atoms with Crippen molar-refractivity contribution in [2.75, 3.05) is 7.11 Å². The molecule has 0 aliphatic rings. The van der Waals surface area contributed by atoms with Crippen LogP contribution in [0.25, 0.3) is 10.8 Å². The Kier molecular flexibility index (Phi) is 3.34. The van der Waals surface area contributed by atoms with Crippen LogP contribution in [0, 0.1) is 11.8 Å². The largest absolute Gasteiger partial charge is 0.497 e. The molecule has 0 aliphatic heterocycles. The van der Waals surface area contributed by atoms with Crippen LogP contribution in [0.1, 0.15) is 11.3 Å². The molecule has 0 atom stereocenters. The van der Waals surface area contributed by atoms with E-state index in [1.807, 2.05) is 48.5 Å². The Balaban J connectivity index is 1.99. The van der Waals surface area contributed by atoms with Crippen LogP contribution in [0.3, 0.4) is 0 Å². The Bertz CT molecular complexity index is 790. The minimum absolute atomic E-state index is 0.805. The number of ether oxygens (including phenoxy) is 1. The molecule has 0 saturated carbocycles. The quantitative estimate of drug-likeness (QED) is 0.622. The predicted molar refractivity (Wildman–Crippen MR) is 80.7 cm³/mol. The number of rotatable bonds is 1. The third kappa shape index (κ3) is 2.48. The highest BCUT2D eigenvalue weighted by molar-refractivity contribution is 5.86. The van der Waals surface area contributed by atoms with Gasteiger partial charge < -0.3 is 4.74 Å². The average Bonchev–Trinajstić information content (AvgIpc) is 2.53. The minimum Gasteiger partial charge on any atom is -0.497 e. The van der Waals surface area contributed by atoms with E-state index in [0.29, 0.717) is 0 Å². The van der Waals surface area contributed by atoms with Crippen molar-refractivity contribution >= 4 is 10.8 Å². The molecule has 1 aromatic heterocycles. The number of methoxy groups -OCH3 is 1. The van der Waals surface area contributed by atoms with Crippen molar-refractivity contribution in [1.29, 1.82) is 0 Å². The summed E-state index contributed by atoms with van der Waals surface area (Å²) in [5, 5.41) is 2.23. The lowest BCUT2D eigenvalue weighted by molar-refractivity contribution is 0.415. The molecule has 0 fully saturated rings. The van der Waals surface area contributed by atoms with E-state index in [-0.39, 0.29) is 0 Å². The molecule has 0 saturated heterocycles. The van der Waals surface area contributed by atoms with Gasteiger partial charge in [0.15, 0.2) is 0 Å². The molecule has 0 N–H and O–H groups in total. The van der Waals surface area contributed by atoms with E-state index in [2.05, 4.69) is 22.9 Å². The van der Waals surface area contributed by atoms with Crippen LogP contribution in [0.2, 0.25) is 0 Å². The normalized spacial score (nSPS) is 9.85. The highest BCUT2D eigenvalue weighted by Gasteiger charge is 1.97. The zero-order chi connectivity index (χ0) is 13.8. The van der Waals surface area contributed by atoms with Crippen LogP contribution in [-0.2, 0) is 0 Å². The van der Waals surface area contributed by atoms with Gasteiger partial charge in [0.1, 0.15) is 11.4 Å². The minimum atomic E-state index is 0.805. The average molecular weight is 259 g/mol. The van der Waals surface area contributed by atoms with Gasteiger partial charge in [0, 0.05) is 17.1 Å². The zero-order valence-electron chi connectivity index (χ0n) is 11.1. The van der Waals surface area contributed by atoms with Crippen molar-refractivity contribution in [3.8, 4) is 17.6 Å². The molecule has 2 nitrogen and oxygen atoms in total. The number of benzene rings is 2. The maximum atomic E-state index is 5.13. The van der Waals surface area contributed by atoms with E-state index in [9.17, 15) is 0 Å². The smallest absolute Gasteiger partial charge is 0.121 e. The highest BCUT2D eigenvalue weighted by atomic mass is 16.5. The summed E-state index contributed by atoms with van der Waals surface area (Å²) in [6.45, 7) is 0. The second kappa shape index (κ2) is 5.46. The Labute approximate surface area is 118 Å². The van der Waals surface area contributed by atoms with Crippen molar-refractivity contribution in [2.24, 2.45) is 0 Å². The summed E-state index contributed by atoms with van der Waals surface area (Å²) in [6.07, 6.45) is 1.79. The maximum Gasteiger partial charge on any atom is 0.121 e. The zero-order valence-corrected chi connectivity index (χ0v) is 11.1. The molecular weight excluding hydrogens is 246 g/mol. The molecule has 0 bridgehead atoms. The van der Waals surface area contributed by atoms with Crippen molar-refractivity contribution in [2.45, 2.75) is 0 Å². The van der Waals surface area contributed by atoms with E-state index in [1.54, 1.807) is 13.3 Å². The molecule has 1 heterocycles. The standard InChI is InChI=1S/C18H13NO/c1-20-16-9-6-14(7-10-16)8-11-18-17-5-3-2-4-15(17)12-13-19-18/h2-7,9-10,12-13H,1H3. The van der Waals surface area contributed by atoms with Crippen LogP contribution >= 0.6 is 0 Å². The summed E-state index contributed by atoms with van der Waals surface area (Å²) in [6, 6.07) is 17.8. The summed E-state index contributed by atoms with van der Waals surface area (Å²) < 4.78 is 5.13. The van der Waals surface area contributed by atoms with Gasteiger partial charge in [-0.1, -0.05) is 30.2 Å². The predicted octanol–water partition coefficient (Wildman–Crippen LogP) is 3.64. The van der Waals surface area contributed by atoms with Gasteiger partial charge in [0.2, 0.25) is 0 Å². The SMILES string of the molecule is COc1ccc(C#Cc2nccc3ccccc23)cc1. The van der Waals surface area contributed by atoms with Gasteiger partial charge in [-0.25, -0.2) is 4.98 Å². The third-order valence-corrected chi connectivity index (χ3v) is 3.09. The van der Waals surface area contributed by atoms with E-state index >= 15 is 0 Å². The van der Waals surface area contributed by atoms with E-state index < -0.39 is 0 Å². The fraction of sp³-hybridized carbons (Fsp3) is 0.0556. The molecule has 0 unspecified atom stereocenters. The number of pyridine rings is 1. The molecule has 96 valence electrons.